The summed E-state index contributed by atoms with van der Waals surface area (Å²) in [5.74, 6) is -0.444. The molecule has 0 spiro atoms. The highest BCUT2D eigenvalue weighted by Gasteiger charge is 2.50. The fourth-order valence-corrected chi connectivity index (χ4v) is 5.30. The van der Waals surface area contributed by atoms with E-state index in [1.54, 1.807) is 6.92 Å². The summed E-state index contributed by atoms with van der Waals surface area (Å²) in [7, 11) is 0. The molecule has 0 aliphatic heterocycles. The second-order valence-electron chi connectivity index (χ2n) is 8.77. The number of carboxylic acid groups (broad SMARTS) is 1. The van der Waals surface area contributed by atoms with Crippen LogP contribution in [0.15, 0.2) is 9.59 Å². The lowest BCUT2D eigenvalue weighted by Crippen LogP contribution is -2.45. The predicted octanol–water partition coefficient (Wildman–Crippen LogP) is 3.16. The number of H-pyrrole nitrogens is 1. The number of aromatic amines is 1. The first kappa shape index (κ1) is 13.8. The largest absolute Gasteiger partial charge is 0.481 e. The van der Waals surface area contributed by atoms with E-state index < -0.39 is 48.0 Å². The van der Waals surface area contributed by atoms with Gasteiger partial charge in [0.25, 0.3) is 5.56 Å². The van der Waals surface area contributed by atoms with E-state index in [2.05, 4.69) is 9.97 Å². The molecule has 164 valence electrons. The zero-order chi connectivity index (χ0) is 27.6. The van der Waals surface area contributed by atoms with Crippen LogP contribution in [0.2, 0.25) is 0 Å². The Morgan fingerprint density at radius 2 is 1.93 bits per heavy atom. The highest BCUT2D eigenvalue weighted by molar-refractivity contribution is 5.70. The molecule has 0 radical (unpaired) electrons. The van der Waals surface area contributed by atoms with Gasteiger partial charge in [-0.25, -0.2) is 9.78 Å². The van der Waals surface area contributed by atoms with Crippen LogP contribution >= 0.6 is 0 Å². The van der Waals surface area contributed by atoms with Crippen molar-refractivity contribution in [3.8, 4) is 0 Å². The molecule has 0 amide bonds. The van der Waals surface area contributed by atoms with Crippen molar-refractivity contribution in [2.24, 2.45) is 5.41 Å². The Hall–Kier alpha value is -2.38. The Balaban J connectivity index is 1.87. The number of nitrogens with one attached hydrogen (secondary N) is 1. The number of aryl methyl sites for hydroxylation is 1. The number of carbonyl (C=O) groups is 1. The van der Waals surface area contributed by atoms with Crippen molar-refractivity contribution in [1.29, 1.82) is 0 Å². The van der Waals surface area contributed by atoms with E-state index in [1.807, 2.05) is 0 Å². The zero-order valence-corrected chi connectivity index (χ0v) is 17.1. The summed E-state index contributed by atoms with van der Waals surface area (Å²) in [5.41, 5.74) is -3.00. The number of aliphatic carboxylic acids is 1. The van der Waals surface area contributed by atoms with Gasteiger partial charge in [0.2, 0.25) is 0 Å². The number of imidazole rings is 1. The molecule has 8 nitrogen and oxygen atoms in total. The minimum absolute atomic E-state index is 0.0602. The average molecular weight is 424 g/mol. The summed E-state index contributed by atoms with van der Waals surface area (Å²) in [6, 6.07) is 0. The summed E-state index contributed by atoms with van der Waals surface area (Å²) in [6.07, 6.45) is 1.90. The second-order valence-corrected chi connectivity index (χ2v) is 8.77. The van der Waals surface area contributed by atoms with Crippen molar-refractivity contribution < 1.29 is 19.5 Å². The third-order valence-electron chi connectivity index (χ3n) is 7.17. The molecule has 0 aromatic carbocycles. The molecule has 2 aromatic heterocycles. The zero-order valence-electron chi connectivity index (χ0n) is 24.1. The highest BCUT2D eigenvalue weighted by Crippen LogP contribution is 2.58. The molecule has 5 rings (SSSR count). The summed E-state index contributed by atoms with van der Waals surface area (Å²) in [4.78, 5) is 45.2. The molecule has 3 aliphatic rings. The maximum absolute atomic E-state index is 13.4. The number of aromatic nitrogens is 4. The Labute approximate surface area is 185 Å². The second kappa shape index (κ2) is 7.71. The van der Waals surface area contributed by atoms with Gasteiger partial charge >= 0.3 is 11.7 Å². The van der Waals surface area contributed by atoms with Crippen LogP contribution in [0.3, 0.4) is 0 Å². The third-order valence-corrected chi connectivity index (χ3v) is 7.17. The molecule has 2 aromatic rings. The van der Waals surface area contributed by atoms with Crippen molar-refractivity contribution >= 4 is 17.1 Å². The molecule has 8 heteroatoms. The molecule has 2 bridgehead atoms. The molecule has 30 heavy (non-hydrogen) atoms. The van der Waals surface area contributed by atoms with Gasteiger partial charge in [0, 0.05) is 34.5 Å². The van der Waals surface area contributed by atoms with Gasteiger partial charge in [-0.1, -0.05) is 13.8 Å². The Morgan fingerprint density at radius 1 is 1.23 bits per heavy atom. The van der Waals surface area contributed by atoms with E-state index in [9.17, 15) is 14.4 Å². The minimum atomic E-state index is -3.47. The highest BCUT2D eigenvalue weighted by atomic mass is 16.4. The number of nitrogens with zero attached hydrogens (tertiary/aromatic N) is 3. The van der Waals surface area contributed by atoms with E-state index in [-0.39, 0.29) is 23.9 Å². The van der Waals surface area contributed by atoms with Crippen molar-refractivity contribution in [1.82, 2.24) is 19.1 Å². The Bertz CT molecular complexity index is 1320. The quantitative estimate of drug-likeness (QED) is 0.678. The molecular weight excluding hydrogens is 384 g/mol. The van der Waals surface area contributed by atoms with Crippen molar-refractivity contribution in [2.75, 3.05) is 0 Å². The van der Waals surface area contributed by atoms with Crippen LogP contribution in [0.25, 0.3) is 11.2 Å². The van der Waals surface area contributed by atoms with Crippen LogP contribution in [-0.2, 0) is 23.3 Å². The Kier molecular flexibility index (Phi) is 3.55. The van der Waals surface area contributed by atoms with Crippen molar-refractivity contribution in [3.63, 3.8) is 0 Å². The molecule has 0 unspecified atom stereocenters. The van der Waals surface area contributed by atoms with Crippen LogP contribution in [0.5, 0.6) is 0 Å². The summed E-state index contributed by atoms with van der Waals surface area (Å²) in [6.45, 7) is -5.11. The number of fused-ring (bicyclic) bond motifs is 4. The number of carboxylic acids is 1. The first-order valence-corrected chi connectivity index (χ1v) is 10.5. The average Bonchev–Trinajstić information content (AvgIpc) is 3.27. The molecule has 0 saturated heterocycles. The van der Waals surface area contributed by atoms with Crippen LogP contribution in [0.1, 0.15) is 93.4 Å². The van der Waals surface area contributed by atoms with Crippen LogP contribution < -0.4 is 11.2 Å². The van der Waals surface area contributed by atoms with Gasteiger partial charge in [-0.3, -0.25) is 18.7 Å². The first-order chi connectivity index (χ1) is 17.0. The van der Waals surface area contributed by atoms with Gasteiger partial charge in [0.15, 0.2) is 5.65 Å². The third kappa shape index (κ3) is 3.30. The molecule has 3 fully saturated rings. The van der Waals surface area contributed by atoms with Gasteiger partial charge in [0.05, 0.1) is 0 Å². The monoisotopic (exact) mass is 423 g/mol. The topological polar surface area (TPSA) is 110 Å². The van der Waals surface area contributed by atoms with Gasteiger partial charge in [-0.15, -0.1) is 0 Å². The van der Waals surface area contributed by atoms with Crippen molar-refractivity contribution in [2.45, 2.75) is 96.4 Å². The van der Waals surface area contributed by atoms with Gasteiger partial charge < -0.3 is 10.1 Å². The molecule has 3 saturated carbocycles. The summed E-state index contributed by atoms with van der Waals surface area (Å²) >= 11 is 0. The molecular formula is C22H32N4O4. The first-order valence-electron chi connectivity index (χ1n) is 14.0. The lowest BCUT2D eigenvalue weighted by molar-refractivity contribution is -0.138. The summed E-state index contributed by atoms with van der Waals surface area (Å²) < 4.78 is 57.1. The van der Waals surface area contributed by atoms with E-state index in [0.717, 1.165) is 23.8 Å². The lowest BCUT2D eigenvalue weighted by atomic mass is 9.52. The fourth-order valence-electron chi connectivity index (χ4n) is 5.30. The summed E-state index contributed by atoms with van der Waals surface area (Å²) in [5, 5.41) is 9.12. The van der Waals surface area contributed by atoms with Crippen LogP contribution in [-0.4, -0.2) is 30.2 Å². The standard InChI is InChI=1S/C22H32N4O4/c1-3-13-25-17-16(18(29)26(14-4-2)20(25)30)23-19(24-17)22-10-7-21(8-11-22,9-12-22)6-5-15(27)28/h3-14H2,1-2H3,(H,23,24)(H,27,28)/i1D3,3D2,13D2. The molecule has 2 N–H and O–H groups in total. The van der Waals surface area contributed by atoms with Gasteiger partial charge in [-0.05, 0) is 63.2 Å². The smallest absolute Gasteiger partial charge is 0.332 e. The van der Waals surface area contributed by atoms with E-state index >= 15 is 0 Å². The molecule has 3 aliphatic carbocycles. The maximum atomic E-state index is 13.4. The van der Waals surface area contributed by atoms with Crippen LogP contribution in [0.4, 0.5) is 0 Å². The van der Waals surface area contributed by atoms with Crippen LogP contribution in [0, 0.1) is 5.41 Å². The van der Waals surface area contributed by atoms with Gasteiger partial charge in [-0.2, -0.15) is 0 Å². The fraction of sp³-hybridized carbons (Fsp3) is 0.727. The lowest BCUT2D eigenvalue weighted by Gasteiger charge is -2.52. The normalized spacial score (nSPS) is 30.6. The number of hydrogen-bond acceptors (Lipinski definition) is 4. The van der Waals surface area contributed by atoms with Gasteiger partial charge in [0.1, 0.15) is 11.3 Å². The number of hydrogen-bond donors (Lipinski definition) is 2. The SMILES string of the molecule is [2H]C([2H])([2H])C([2H])([2H])C([2H])([2H])n1c(=O)n(CCC)c(=O)c2[nH]c(C34CCC(CCC(=O)O)(CC3)CC4)nc21. The minimum Gasteiger partial charge on any atom is -0.481 e. The predicted molar refractivity (Wildman–Crippen MR) is 114 cm³/mol. The van der Waals surface area contributed by atoms with E-state index in [1.165, 1.54) is 0 Å². The number of rotatable bonds is 8. The van der Waals surface area contributed by atoms with E-state index in [4.69, 9.17) is 14.7 Å². The van der Waals surface area contributed by atoms with Crippen molar-refractivity contribution in [3.05, 3.63) is 26.7 Å². The molecule has 2 heterocycles. The molecule has 0 atom stereocenters. The Morgan fingerprint density at radius 3 is 2.53 bits per heavy atom. The van der Waals surface area contributed by atoms with E-state index in [0.29, 0.717) is 42.5 Å². The maximum Gasteiger partial charge on any atom is 0.332 e.